The lowest BCUT2D eigenvalue weighted by molar-refractivity contribution is -0.870. The van der Waals surface area contributed by atoms with Gasteiger partial charge in [0.25, 0.3) is 0 Å². The van der Waals surface area contributed by atoms with Gasteiger partial charge in [-0.15, -0.1) is 0 Å². The van der Waals surface area contributed by atoms with Gasteiger partial charge in [-0.2, -0.15) is 0 Å². The van der Waals surface area contributed by atoms with E-state index in [1.165, 1.54) is 77.3 Å². The Morgan fingerprint density at radius 2 is 0.545 bits per heavy atom. The van der Waals surface area contributed by atoms with Crippen molar-refractivity contribution in [3.8, 4) is 0 Å². The van der Waals surface area contributed by atoms with Crippen LogP contribution in [0.1, 0.15) is 64.2 Å². The summed E-state index contributed by atoms with van der Waals surface area (Å²) in [4.78, 5) is 0. The van der Waals surface area contributed by atoms with E-state index in [0.717, 1.165) is 8.97 Å². The predicted octanol–water partition coefficient (Wildman–Crippen LogP) is 3.95. The summed E-state index contributed by atoms with van der Waals surface area (Å²) in [6.07, 6.45) is 14.4. The van der Waals surface area contributed by atoms with Gasteiger partial charge in [-0.25, -0.2) is 0 Å². The second kappa shape index (κ2) is 14.4. The van der Waals surface area contributed by atoms with Crippen LogP contribution in [-0.4, -0.2) is 75.3 Å². The molecule has 0 atom stereocenters. The van der Waals surface area contributed by atoms with Crippen LogP contribution < -0.4 is 0 Å². The molecule has 4 nitrogen and oxygen atoms in total. The maximum absolute atomic E-state index is 2.29. The molecule has 0 fully saturated rings. The van der Waals surface area contributed by atoms with Gasteiger partial charge in [0.1, 0.15) is 0 Å². The van der Waals surface area contributed by atoms with Gasteiger partial charge < -0.3 is 19.9 Å². The zero-order valence-corrected chi connectivity index (χ0v) is 16.3. The lowest BCUT2D eigenvalue weighted by Crippen LogP contribution is -2.35. The fraction of sp³-hybridized carbons (Fsp3) is 1.00. The minimum atomic E-state index is 0. The van der Waals surface area contributed by atoms with Crippen molar-refractivity contribution < 1.29 is 19.9 Å². The third kappa shape index (κ3) is 24.8. The monoisotopic (exact) mass is 320 g/mol. The van der Waals surface area contributed by atoms with Crippen LogP contribution in [0.15, 0.2) is 0 Å². The fourth-order valence-electron chi connectivity index (χ4n) is 2.59. The van der Waals surface area contributed by atoms with Gasteiger partial charge in [-0.3, -0.25) is 0 Å². The third-order valence-corrected chi connectivity index (χ3v) is 3.91. The second-order valence-corrected chi connectivity index (χ2v) is 8.56. The van der Waals surface area contributed by atoms with Crippen LogP contribution in [0, 0.1) is 0 Å². The average Bonchev–Trinajstić information content (AvgIpc) is 2.27. The zero-order chi connectivity index (χ0) is 15.5. The van der Waals surface area contributed by atoms with Crippen LogP contribution in [0.25, 0.3) is 0 Å². The molecule has 2 N–H and O–H groups in total. The van der Waals surface area contributed by atoms with Crippen LogP contribution in [0.4, 0.5) is 0 Å². The number of nitrogens with zero attached hydrogens (tertiary/aromatic N) is 2. The van der Waals surface area contributed by atoms with Gasteiger partial charge in [0.05, 0.1) is 55.4 Å². The molecule has 0 heterocycles. The molecule has 4 heteroatoms. The molecular weight excluding hydrogens is 276 g/mol. The first-order valence-electron chi connectivity index (χ1n) is 8.82. The summed E-state index contributed by atoms with van der Waals surface area (Å²) in [5.41, 5.74) is 0. The first-order valence-corrected chi connectivity index (χ1v) is 8.82. The smallest absolute Gasteiger partial charge is 0.0780 e. The van der Waals surface area contributed by atoms with Crippen molar-refractivity contribution in [1.29, 1.82) is 0 Å². The molecule has 0 aliphatic rings. The van der Waals surface area contributed by atoms with E-state index in [4.69, 9.17) is 0 Å². The molecule has 0 rings (SSSR count). The molecular formula is C18H44N2O2. The van der Waals surface area contributed by atoms with Crippen LogP contribution >= 0.6 is 0 Å². The number of unbranched alkanes of at least 4 members (excludes halogenated alkanes) is 9. The Kier molecular flexibility index (Phi) is 17.5. The summed E-state index contributed by atoms with van der Waals surface area (Å²) in [6.45, 7) is 2.65. The van der Waals surface area contributed by atoms with E-state index < -0.39 is 0 Å². The van der Waals surface area contributed by atoms with Crippen LogP contribution in [-0.2, 0) is 0 Å². The molecule has 0 saturated heterocycles. The van der Waals surface area contributed by atoms with Gasteiger partial charge in [0.2, 0.25) is 0 Å². The van der Waals surface area contributed by atoms with E-state index >= 15 is 0 Å². The molecule has 0 aromatic rings. The molecule has 0 saturated carbocycles. The van der Waals surface area contributed by atoms with E-state index in [2.05, 4.69) is 42.3 Å². The normalized spacial score (nSPS) is 11.7. The summed E-state index contributed by atoms with van der Waals surface area (Å²) >= 11 is 0. The quantitative estimate of drug-likeness (QED) is 0.381. The molecule has 0 bridgehead atoms. The Balaban J connectivity index is -0.00000180. The zero-order valence-electron chi connectivity index (χ0n) is 16.3. The first-order chi connectivity index (χ1) is 9.21. The van der Waals surface area contributed by atoms with Crippen molar-refractivity contribution in [1.82, 2.24) is 0 Å². The Hall–Kier alpha value is -0.160. The van der Waals surface area contributed by atoms with Crippen molar-refractivity contribution >= 4 is 0 Å². The van der Waals surface area contributed by atoms with E-state index in [-0.39, 0.29) is 11.0 Å². The highest BCUT2D eigenvalue weighted by Gasteiger charge is 2.06. The summed E-state index contributed by atoms with van der Waals surface area (Å²) in [5.74, 6) is 0. The van der Waals surface area contributed by atoms with E-state index in [1.54, 1.807) is 0 Å². The van der Waals surface area contributed by atoms with Gasteiger partial charge in [-0.05, 0) is 25.7 Å². The summed E-state index contributed by atoms with van der Waals surface area (Å²) in [5, 5.41) is 0. The molecule has 138 valence electrons. The minimum Gasteiger partial charge on any atom is -0.870 e. The van der Waals surface area contributed by atoms with Crippen molar-refractivity contribution in [3.63, 3.8) is 0 Å². The Morgan fingerprint density at radius 3 is 0.727 bits per heavy atom. The molecule has 0 amide bonds. The number of quaternary nitrogens is 2. The lowest BCUT2D eigenvalue weighted by atomic mass is 10.1. The van der Waals surface area contributed by atoms with Crippen molar-refractivity contribution in [3.05, 3.63) is 0 Å². The third-order valence-electron chi connectivity index (χ3n) is 3.91. The lowest BCUT2D eigenvalue weighted by Gasteiger charge is -2.23. The molecule has 0 aliphatic heterocycles. The van der Waals surface area contributed by atoms with E-state index in [0.29, 0.717) is 0 Å². The van der Waals surface area contributed by atoms with Gasteiger partial charge in [0, 0.05) is 0 Å². The largest absolute Gasteiger partial charge is 0.870 e. The standard InChI is InChI=1S/C18H42N2.2H2O/c1-19(2,3)17-15-13-11-9-7-8-10-12-14-16-18-20(4,5)6;;/h7-18H2,1-6H3;2*1H2/q+2;;/p-2. The highest BCUT2D eigenvalue weighted by Crippen LogP contribution is 2.11. The maximum atomic E-state index is 2.29. The van der Waals surface area contributed by atoms with Gasteiger partial charge >= 0.3 is 0 Å². The average molecular weight is 321 g/mol. The van der Waals surface area contributed by atoms with Crippen molar-refractivity contribution in [2.75, 3.05) is 55.4 Å². The predicted molar refractivity (Wildman–Crippen MR) is 95.8 cm³/mol. The topological polar surface area (TPSA) is 60.0 Å². The van der Waals surface area contributed by atoms with Gasteiger partial charge in [-0.1, -0.05) is 38.5 Å². The Labute approximate surface area is 140 Å². The molecule has 0 aliphatic carbocycles. The summed E-state index contributed by atoms with van der Waals surface area (Å²) in [7, 11) is 13.7. The van der Waals surface area contributed by atoms with Gasteiger partial charge in [0.15, 0.2) is 0 Å². The van der Waals surface area contributed by atoms with Crippen LogP contribution in [0.3, 0.4) is 0 Å². The number of rotatable bonds is 13. The molecule has 0 unspecified atom stereocenters. The van der Waals surface area contributed by atoms with E-state index in [1.807, 2.05) is 0 Å². The second-order valence-electron chi connectivity index (χ2n) is 8.56. The van der Waals surface area contributed by atoms with Crippen LogP contribution in [0.5, 0.6) is 0 Å². The SMILES string of the molecule is C[N+](C)(C)CCCCCCCCCCCC[N+](C)(C)C.[OH-].[OH-]. The Bertz CT molecular complexity index is 196. The molecule has 22 heavy (non-hydrogen) atoms. The molecule has 0 spiro atoms. The fourth-order valence-corrected chi connectivity index (χ4v) is 2.59. The summed E-state index contributed by atoms with van der Waals surface area (Å²) in [6, 6.07) is 0. The van der Waals surface area contributed by atoms with Crippen molar-refractivity contribution in [2.45, 2.75) is 64.2 Å². The Morgan fingerprint density at radius 1 is 0.364 bits per heavy atom. The first kappa shape index (κ1) is 26.7. The highest BCUT2D eigenvalue weighted by molar-refractivity contribution is 4.48. The number of hydrogen-bond donors (Lipinski definition) is 0. The summed E-state index contributed by atoms with van der Waals surface area (Å²) < 4.78 is 2.24. The molecule has 0 aromatic heterocycles. The van der Waals surface area contributed by atoms with E-state index in [9.17, 15) is 0 Å². The molecule has 0 aromatic carbocycles. The van der Waals surface area contributed by atoms with Crippen molar-refractivity contribution in [2.24, 2.45) is 0 Å². The molecule has 0 radical (unpaired) electrons. The highest BCUT2D eigenvalue weighted by atomic mass is 16.0. The number of hydrogen-bond acceptors (Lipinski definition) is 2. The minimum absolute atomic E-state index is 0. The van der Waals surface area contributed by atoms with Crippen LogP contribution in [0.2, 0.25) is 0 Å². The maximum Gasteiger partial charge on any atom is 0.0780 e.